The Labute approximate surface area is 76.9 Å². The Kier molecular flexibility index (Phi) is 3.06. The molecule has 1 rings (SSSR count). The van der Waals surface area contributed by atoms with Crippen molar-refractivity contribution in [2.75, 3.05) is 7.11 Å². The average molecular weight is 183 g/mol. The quantitative estimate of drug-likeness (QED) is 0.683. The summed E-state index contributed by atoms with van der Waals surface area (Å²) in [6.45, 7) is 1.73. The Hall–Kier alpha value is -1.32. The maximum atomic E-state index is 10.3. The minimum atomic E-state index is -0.335. The lowest BCUT2D eigenvalue weighted by molar-refractivity contribution is 0.256. The number of aliphatic hydroxyl groups is 1. The van der Waals surface area contributed by atoms with E-state index in [0.29, 0.717) is 18.6 Å². The van der Waals surface area contributed by atoms with Crippen molar-refractivity contribution in [1.29, 1.82) is 0 Å². The number of ether oxygens (including phenoxy) is 1. The van der Waals surface area contributed by atoms with Crippen LogP contribution >= 0.6 is 0 Å². The molecule has 0 aromatic rings. The molecule has 1 atom stereocenters. The molecule has 0 amide bonds. The zero-order valence-electron chi connectivity index (χ0n) is 7.78. The zero-order chi connectivity index (χ0) is 9.84. The number of nitrogens with zero attached hydrogens (tertiary/aromatic N) is 1. The van der Waals surface area contributed by atoms with Gasteiger partial charge in [0.1, 0.15) is 11.8 Å². The first kappa shape index (κ1) is 9.77. The Bertz CT molecular complexity index is 268. The standard InChI is InChI=1S/C9H13NO3/c1-6(10-12)7-3-4-8(11)9(5-7)13-2/h5-6,11H,3-4H2,1-2H3. The fraction of sp³-hybridized carbons (Fsp3) is 0.556. The number of nitroso groups, excluding NO2 is 1. The maximum absolute atomic E-state index is 10.3. The Balaban J connectivity index is 2.85. The summed E-state index contributed by atoms with van der Waals surface area (Å²) in [5, 5.41) is 12.3. The number of methoxy groups -OCH3 is 1. The molecule has 0 aromatic carbocycles. The van der Waals surface area contributed by atoms with Crippen molar-refractivity contribution in [3.8, 4) is 0 Å². The molecule has 0 heterocycles. The number of hydrogen-bond acceptors (Lipinski definition) is 4. The first-order valence-electron chi connectivity index (χ1n) is 4.18. The predicted octanol–water partition coefficient (Wildman–Crippen LogP) is 2.28. The van der Waals surface area contributed by atoms with Crippen molar-refractivity contribution in [3.05, 3.63) is 28.1 Å². The Morgan fingerprint density at radius 2 is 2.31 bits per heavy atom. The van der Waals surface area contributed by atoms with Crippen LogP contribution in [0.15, 0.2) is 28.3 Å². The van der Waals surface area contributed by atoms with Crippen molar-refractivity contribution in [2.24, 2.45) is 5.18 Å². The molecule has 0 aromatic heterocycles. The van der Waals surface area contributed by atoms with E-state index in [1.165, 1.54) is 7.11 Å². The maximum Gasteiger partial charge on any atom is 0.156 e. The van der Waals surface area contributed by atoms with Crippen molar-refractivity contribution in [3.63, 3.8) is 0 Å². The summed E-state index contributed by atoms with van der Waals surface area (Å²) in [5.74, 6) is 0.682. The second kappa shape index (κ2) is 4.07. The van der Waals surface area contributed by atoms with Crippen molar-refractivity contribution in [2.45, 2.75) is 25.8 Å². The molecule has 0 radical (unpaired) electrons. The molecule has 1 unspecified atom stereocenters. The van der Waals surface area contributed by atoms with Gasteiger partial charge in [0, 0.05) is 6.42 Å². The van der Waals surface area contributed by atoms with Crippen LogP contribution in [0.1, 0.15) is 19.8 Å². The molecule has 72 valence electrons. The van der Waals surface area contributed by atoms with E-state index in [4.69, 9.17) is 4.74 Å². The third-order valence-electron chi connectivity index (χ3n) is 2.17. The van der Waals surface area contributed by atoms with E-state index in [1.807, 2.05) is 0 Å². The van der Waals surface area contributed by atoms with Gasteiger partial charge in [-0.05, 0) is 25.0 Å². The molecule has 4 nitrogen and oxygen atoms in total. The van der Waals surface area contributed by atoms with Crippen LogP contribution in [-0.2, 0) is 4.74 Å². The monoisotopic (exact) mass is 183 g/mol. The largest absolute Gasteiger partial charge is 0.508 e. The SMILES string of the molecule is COC1=C(O)CCC(C(C)N=O)=C1. The van der Waals surface area contributed by atoms with Gasteiger partial charge in [0.05, 0.1) is 7.11 Å². The van der Waals surface area contributed by atoms with E-state index >= 15 is 0 Å². The molecule has 1 aliphatic carbocycles. The summed E-state index contributed by atoms with van der Waals surface area (Å²) in [6.07, 6.45) is 2.88. The van der Waals surface area contributed by atoms with Crippen LogP contribution in [-0.4, -0.2) is 18.3 Å². The molecule has 0 bridgehead atoms. The van der Waals surface area contributed by atoms with Gasteiger partial charge in [0.2, 0.25) is 0 Å². The second-order valence-corrected chi connectivity index (χ2v) is 3.02. The molecular weight excluding hydrogens is 170 g/mol. The number of hydrogen-bond donors (Lipinski definition) is 1. The topological polar surface area (TPSA) is 58.9 Å². The van der Waals surface area contributed by atoms with Crippen molar-refractivity contribution in [1.82, 2.24) is 0 Å². The minimum absolute atomic E-state index is 0.240. The molecule has 0 fully saturated rings. The second-order valence-electron chi connectivity index (χ2n) is 3.02. The molecule has 0 spiro atoms. The van der Waals surface area contributed by atoms with Crippen LogP contribution in [0.2, 0.25) is 0 Å². The van der Waals surface area contributed by atoms with Gasteiger partial charge < -0.3 is 9.84 Å². The molecule has 0 saturated carbocycles. The Morgan fingerprint density at radius 1 is 1.62 bits per heavy atom. The zero-order valence-corrected chi connectivity index (χ0v) is 7.78. The molecule has 1 aliphatic rings. The van der Waals surface area contributed by atoms with Crippen LogP contribution < -0.4 is 0 Å². The third-order valence-corrected chi connectivity index (χ3v) is 2.17. The predicted molar refractivity (Wildman–Crippen MR) is 49.2 cm³/mol. The fourth-order valence-corrected chi connectivity index (χ4v) is 1.28. The highest BCUT2D eigenvalue weighted by atomic mass is 16.5. The van der Waals surface area contributed by atoms with Gasteiger partial charge in [-0.2, -0.15) is 4.91 Å². The van der Waals surface area contributed by atoms with Crippen LogP contribution in [0, 0.1) is 4.91 Å². The summed E-state index contributed by atoms with van der Waals surface area (Å²) in [7, 11) is 1.49. The summed E-state index contributed by atoms with van der Waals surface area (Å²) in [5.41, 5.74) is 0.907. The minimum Gasteiger partial charge on any atom is -0.508 e. The molecule has 1 N–H and O–H groups in total. The highest BCUT2D eigenvalue weighted by molar-refractivity contribution is 5.28. The highest BCUT2D eigenvalue weighted by Gasteiger charge is 2.17. The van der Waals surface area contributed by atoms with Gasteiger partial charge in [-0.3, -0.25) is 0 Å². The first-order valence-corrected chi connectivity index (χ1v) is 4.18. The lowest BCUT2D eigenvalue weighted by atomic mass is 9.97. The molecular formula is C9H13NO3. The van der Waals surface area contributed by atoms with Gasteiger partial charge in [-0.1, -0.05) is 5.18 Å². The third kappa shape index (κ3) is 2.08. The number of aliphatic hydroxyl groups excluding tert-OH is 1. The van der Waals surface area contributed by atoms with Crippen molar-refractivity contribution < 1.29 is 9.84 Å². The van der Waals surface area contributed by atoms with E-state index in [-0.39, 0.29) is 11.8 Å². The summed E-state index contributed by atoms with van der Waals surface area (Å²) in [6, 6.07) is -0.335. The summed E-state index contributed by atoms with van der Waals surface area (Å²) >= 11 is 0. The summed E-state index contributed by atoms with van der Waals surface area (Å²) < 4.78 is 4.94. The number of rotatable bonds is 3. The van der Waals surface area contributed by atoms with Crippen molar-refractivity contribution >= 4 is 0 Å². The average Bonchev–Trinajstić information content (AvgIpc) is 2.17. The van der Waals surface area contributed by atoms with Crippen LogP contribution in [0.3, 0.4) is 0 Å². The van der Waals surface area contributed by atoms with Gasteiger partial charge in [-0.25, -0.2) is 0 Å². The highest BCUT2D eigenvalue weighted by Crippen LogP contribution is 2.25. The van der Waals surface area contributed by atoms with E-state index in [0.717, 1.165) is 5.57 Å². The number of allylic oxidation sites excluding steroid dienone is 2. The molecule has 0 aliphatic heterocycles. The first-order chi connectivity index (χ1) is 6.19. The van der Waals surface area contributed by atoms with Gasteiger partial charge in [0.15, 0.2) is 5.76 Å². The molecule has 0 saturated heterocycles. The summed E-state index contributed by atoms with van der Waals surface area (Å²) in [4.78, 5) is 10.3. The van der Waals surface area contributed by atoms with E-state index in [1.54, 1.807) is 13.0 Å². The Morgan fingerprint density at radius 3 is 2.85 bits per heavy atom. The lowest BCUT2D eigenvalue weighted by Crippen LogP contribution is -2.08. The van der Waals surface area contributed by atoms with Gasteiger partial charge >= 0.3 is 0 Å². The smallest absolute Gasteiger partial charge is 0.156 e. The molecule has 4 heteroatoms. The van der Waals surface area contributed by atoms with Crippen LogP contribution in [0.4, 0.5) is 0 Å². The van der Waals surface area contributed by atoms with Gasteiger partial charge in [0.25, 0.3) is 0 Å². The molecule has 13 heavy (non-hydrogen) atoms. The van der Waals surface area contributed by atoms with E-state index in [9.17, 15) is 10.0 Å². The lowest BCUT2D eigenvalue weighted by Gasteiger charge is -2.16. The fourth-order valence-electron chi connectivity index (χ4n) is 1.28. The van der Waals surface area contributed by atoms with E-state index < -0.39 is 0 Å². The van der Waals surface area contributed by atoms with Crippen LogP contribution in [0.25, 0.3) is 0 Å². The van der Waals surface area contributed by atoms with E-state index in [2.05, 4.69) is 5.18 Å². The van der Waals surface area contributed by atoms with Gasteiger partial charge in [-0.15, -0.1) is 0 Å². The van der Waals surface area contributed by atoms with Crippen LogP contribution in [0.5, 0.6) is 0 Å². The normalized spacial score (nSPS) is 19.4.